The summed E-state index contributed by atoms with van der Waals surface area (Å²) < 4.78 is 1.25. The van der Waals surface area contributed by atoms with Crippen molar-refractivity contribution >= 4 is 39.1 Å². The zero-order valence-electron chi connectivity index (χ0n) is 16.0. The Balaban J connectivity index is 1.29. The highest BCUT2D eigenvalue weighted by Crippen LogP contribution is 2.33. The molecule has 4 nitrogen and oxygen atoms in total. The Bertz CT molecular complexity index is 932. The molecule has 4 rings (SSSR count). The monoisotopic (exact) mass is 414 g/mol. The molecule has 0 saturated carbocycles. The molecule has 1 saturated heterocycles. The van der Waals surface area contributed by atoms with Gasteiger partial charge in [0.15, 0.2) is 6.54 Å². The maximum Gasteiger partial charge on any atom is 0.277 e. The number of likely N-dealkylation sites (tertiary alicyclic amines) is 1. The highest BCUT2D eigenvalue weighted by Gasteiger charge is 2.26. The first-order valence-corrected chi connectivity index (χ1v) is 11.0. The number of carbonyl (C=O) groups is 1. The molecule has 0 unspecified atom stereocenters. The summed E-state index contributed by atoms with van der Waals surface area (Å²) in [4.78, 5) is 19.5. The van der Waals surface area contributed by atoms with Crippen LogP contribution in [0.5, 0.6) is 0 Å². The van der Waals surface area contributed by atoms with E-state index in [1.54, 1.807) is 11.3 Å². The molecule has 0 aliphatic carbocycles. The standard InChI is InChI=1S/C22H24ClN3OS/c1-15(17-5-4-6-18(23)13-17)24-14-21(27)26-11-9-16(10-12-26)22-25-19-7-2-3-8-20(19)28-22/h2-8,13,15-16,24H,9-12,14H2,1H3/p+1/t15-/m0/s1. The third-order valence-electron chi connectivity index (χ3n) is 5.53. The van der Waals surface area contributed by atoms with E-state index in [1.165, 1.54) is 9.71 Å². The number of thiazole rings is 1. The van der Waals surface area contributed by atoms with E-state index >= 15 is 0 Å². The molecule has 0 spiro atoms. The summed E-state index contributed by atoms with van der Waals surface area (Å²) >= 11 is 7.86. The minimum absolute atomic E-state index is 0.211. The molecule has 0 radical (unpaired) electrons. The van der Waals surface area contributed by atoms with Crippen LogP contribution in [0.1, 0.15) is 42.3 Å². The summed E-state index contributed by atoms with van der Waals surface area (Å²) in [5.41, 5.74) is 2.24. The van der Waals surface area contributed by atoms with Crippen LogP contribution >= 0.6 is 22.9 Å². The van der Waals surface area contributed by atoms with Crippen LogP contribution in [-0.2, 0) is 4.79 Å². The first-order chi connectivity index (χ1) is 13.6. The lowest BCUT2D eigenvalue weighted by Crippen LogP contribution is -2.87. The number of nitrogens with zero attached hydrogens (tertiary/aromatic N) is 2. The van der Waals surface area contributed by atoms with E-state index in [0.29, 0.717) is 12.5 Å². The highest BCUT2D eigenvalue weighted by molar-refractivity contribution is 7.18. The molecule has 2 heterocycles. The lowest BCUT2D eigenvalue weighted by Gasteiger charge is -2.30. The molecule has 2 aromatic carbocycles. The van der Waals surface area contributed by atoms with Gasteiger partial charge in [0.1, 0.15) is 6.04 Å². The van der Waals surface area contributed by atoms with Crippen LogP contribution in [0.25, 0.3) is 10.2 Å². The number of para-hydroxylation sites is 1. The summed E-state index contributed by atoms with van der Waals surface area (Å²) in [5, 5.41) is 4.05. The summed E-state index contributed by atoms with van der Waals surface area (Å²) in [5.74, 6) is 0.687. The summed E-state index contributed by atoms with van der Waals surface area (Å²) in [6.45, 7) is 4.22. The minimum atomic E-state index is 0.211. The smallest absolute Gasteiger partial charge is 0.277 e. The normalized spacial score (nSPS) is 16.4. The van der Waals surface area contributed by atoms with Crippen LogP contribution in [0.2, 0.25) is 5.02 Å². The van der Waals surface area contributed by atoms with Gasteiger partial charge in [-0.15, -0.1) is 11.3 Å². The average molecular weight is 415 g/mol. The molecule has 1 fully saturated rings. The van der Waals surface area contributed by atoms with Gasteiger partial charge in [-0.3, -0.25) is 4.79 Å². The predicted molar refractivity (Wildman–Crippen MR) is 115 cm³/mol. The van der Waals surface area contributed by atoms with Crippen molar-refractivity contribution in [1.82, 2.24) is 9.88 Å². The van der Waals surface area contributed by atoms with Crippen molar-refractivity contribution in [3.05, 3.63) is 64.1 Å². The Morgan fingerprint density at radius 2 is 2.04 bits per heavy atom. The van der Waals surface area contributed by atoms with Crippen LogP contribution < -0.4 is 5.32 Å². The van der Waals surface area contributed by atoms with Crippen molar-refractivity contribution in [3.63, 3.8) is 0 Å². The fraction of sp³-hybridized carbons (Fsp3) is 0.364. The SMILES string of the molecule is C[C@H]([NH2+]CC(=O)N1CCC(c2nc3ccccc3s2)CC1)c1cccc(Cl)c1. The number of piperidine rings is 1. The third kappa shape index (κ3) is 4.37. The number of hydrogen-bond acceptors (Lipinski definition) is 3. The molecule has 2 N–H and O–H groups in total. The van der Waals surface area contributed by atoms with Gasteiger partial charge in [-0.2, -0.15) is 0 Å². The maximum atomic E-state index is 12.6. The molecular weight excluding hydrogens is 390 g/mol. The van der Waals surface area contributed by atoms with Crippen molar-refractivity contribution < 1.29 is 10.1 Å². The van der Waals surface area contributed by atoms with Gasteiger partial charge >= 0.3 is 0 Å². The van der Waals surface area contributed by atoms with Gasteiger partial charge in [0, 0.05) is 29.6 Å². The largest absolute Gasteiger partial charge is 0.338 e. The van der Waals surface area contributed by atoms with E-state index < -0.39 is 0 Å². The number of quaternary nitrogens is 1. The van der Waals surface area contributed by atoms with E-state index in [4.69, 9.17) is 16.6 Å². The number of benzene rings is 2. The van der Waals surface area contributed by atoms with E-state index in [0.717, 1.165) is 42.0 Å². The Kier molecular flexibility index (Phi) is 5.95. The van der Waals surface area contributed by atoms with Gasteiger partial charge in [0.05, 0.1) is 15.2 Å². The molecule has 28 heavy (non-hydrogen) atoms. The lowest BCUT2D eigenvalue weighted by molar-refractivity contribution is -0.683. The number of fused-ring (bicyclic) bond motifs is 1. The third-order valence-corrected chi connectivity index (χ3v) is 6.96. The van der Waals surface area contributed by atoms with Crippen LogP contribution in [0, 0.1) is 0 Å². The second-order valence-electron chi connectivity index (χ2n) is 7.46. The van der Waals surface area contributed by atoms with Gasteiger partial charge in [-0.05, 0) is 44.0 Å². The topological polar surface area (TPSA) is 49.8 Å². The number of amides is 1. The molecule has 3 aromatic rings. The van der Waals surface area contributed by atoms with Crippen LogP contribution in [0.3, 0.4) is 0 Å². The Morgan fingerprint density at radius 3 is 2.79 bits per heavy atom. The number of aromatic nitrogens is 1. The van der Waals surface area contributed by atoms with Gasteiger partial charge < -0.3 is 10.2 Å². The van der Waals surface area contributed by atoms with Crippen molar-refractivity contribution in [2.45, 2.75) is 31.7 Å². The maximum absolute atomic E-state index is 12.6. The fourth-order valence-corrected chi connectivity index (χ4v) is 5.11. The van der Waals surface area contributed by atoms with Crippen LogP contribution in [0.4, 0.5) is 0 Å². The quantitative estimate of drug-likeness (QED) is 0.686. The number of carbonyl (C=O) groups excluding carboxylic acids is 1. The minimum Gasteiger partial charge on any atom is -0.338 e. The molecular formula is C22H25ClN3OS+. The first-order valence-electron chi connectivity index (χ1n) is 9.82. The fourth-order valence-electron chi connectivity index (χ4n) is 3.77. The van der Waals surface area contributed by atoms with E-state index in [9.17, 15) is 4.79 Å². The zero-order valence-corrected chi connectivity index (χ0v) is 17.5. The van der Waals surface area contributed by atoms with Crippen LogP contribution in [-0.4, -0.2) is 35.4 Å². The average Bonchev–Trinajstić information content (AvgIpc) is 3.16. The highest BCUT2D eigenvalue weighted by atomic mass is 35.5. The molecule has 1 aliphatic heterocycles. The predicted octanol–water partition coefficient (Wildman–Crippen LogP) is 3.98. The van der Waals surface area contributed by atoms with Crippen molar-refractivity contribution in [1.29, 1.82) is 0 Å². The molecule has 1 atom stereocenters. The van der Waals surface area contributed by atoms with E-state index in [1.807, 2.05) is 29.2 Å². The Morgan fingerprint density at radius 1 is 1.25 bits per heavy atom. The number of hydrogen-bond donors (Lipinski definition) is 1. The molecule has 0 bridgehead atoms. The van der Waals surface area contributed by atoms with Gasteiger partial charge in [-0.1, -0.05) is 35.9 Å². The number of halogens is 1. The summed E-state index contributed by atoms with van der Waals surface area (Å²) in [7, 11) is 0. The van der Waals surface area contributed by atoms with Crippen LogP contribution in [0.15, 0.2) is 48.5 Å². The second-order valence-corrected chi connectivity index (χ2v) is 8.96. The molecule has 1 amide bonds. The lowest BCUT2D eigenvalue weighted by atomic mass is 9.97. The van der Waals surface area contributed by atoms with Crippen molar-refractivity contribution in [2.24, 2.45) is 0 Å². The van der Waals surface area contributed by atoms with E-state index in [2.05, 4.69) is 36.5 Å². The van der Waals surface area contributed by atoms with E-state index in [-0.39, 0.29) is 11.9 Å². The number of rotatable bonds is 5. The Hall–Kier alpha value is -1.95. The van der Waals surface area contributed by atoms with Gasteiger partial charge in [0.2, 0.25) is 0 Å². The molecule has 6 heteroatoms. The van der Waals surface area contributed by atoms with Crippen molar-refractivity contribution in [2.75, 3.05) is 19.6 Å². The van der Waals surface area contributed by atoms with Gasteiger partial charge in [-0.25, -0.2) is 4.98 Å². The van der Waals surface area contributed by atoms with Crippen molar-refractivity contribution in [3.8, 4) is 0 Å². The molecule has 146 valence electrons. The first kappa shape index (κ1) is 19.4. The summed E-state index contributed by atoms with van der Waals surface area (Å²) in [6, 6.07) is 16.4. The Labute approximate surface area is 174 Å². The molecule has 1 aliphatic rings. The summed E-state index contributed by atoms with van der Waals surface area (Å²) in [6.07, 6.45) is 1.99. The molecule has 1 aromatic heterocycles. The number of nitrogens with two attached hydrogens (primary N) is 1. The second kappa shape index (κ2) is 8.60. The zero-order chi connectivity index (χ0) is 19.5. The van der Waals surface area contributed by atoms with Gasteiger partial charge in [0.25, 0.3) is 5.91 Å².